The lowest BCUT2D eigenvalue weighted by atomic mass is 10.0. The molecule has 1 atom stereocenters. The summed E-state index contributed by atoms with van der Waals surface area (Å²) in [6.45, 7) is 1.60. The molecule has 3 heterocycles. The SMILES string of the molecule is CN1C(N)=N[C@](C)(c2sc(C(=O)Nc3cccc(=O)[nH]3)cc2Cl)CS1(=O)=O. The summed E-state index contributed by atoms with van der Waals surface area (Å²) >= 11 is 7.29. The minimum absolute atomic E-state index is 0.152. The summed E-state index contributed by atoms with van der Waals surface area (Å²) in [6.07, 6.45) is 0. The Bertz CT molecular complexity index is 1110. The van der Waals surface area contributed by atoms with Crippen LogP contribution in [0, 0.1) is 0 Å². The molecule has 144 valence electrons. The predicted octanol–water partition coefficient (Wildman–Crippen LogP) is 1.15. The van der Waals surface area contributed by atoms with Crippen LogP contribution < -0.4 is 16.6 Å². The van der Waals surface area contributed by atoms with E-state index in [0.29, 0.717) is 4.88 Å². The lowest BCUT2D eigenvalue weighted by Gasteiger charge is -2.33. The lowest BCUT2D eigenvalue weighted by molar-refractivity contribution is 0.103. The maximum atomic E-state index is 12.5. The van der Waals surface area contributed by atoms with Crippen molar-refractivity contribution in [2.24, 2.45) is 10.7 Å². The number of hydrogen-bond donors (Lipinski definition) is 3. The van der Waals surface area contributed by atoms with Crippen LogP contribution >= 0.6 is 22.9 Å². The topological polar surface area (TPSA) is 138 Å². The van der Waals surface area contributed by atoms with Gasteiger partial charge in [0.15, 0.2) is 0 Å². The van der Waals surface area contributed by atoms with Crippen molar-refractivity contribution in [3.63, 3.8) is 0 Å². The molecule has 0 saturated carbocycles. The highest BCUT2D eigenvalue weighted by molar-refractivity contribution is 7.89. The van der Waals surface area contributed by atoms with Gasteiger partial charge in [-0.05, 0) is 19.1 Å². The summed E-state index contributed by atoms with van der Waals surface area (Å²) < 4.78 is 25.6. The number of aromatic nitrogens is 1. The molecule has 1 amide bonds. The van der Waals surface area contributed by atoms with E-state index in [-0.39, 0.29) is 33.0 Å². The Kier molecular flexibility index (Phi) is 4.78. The normalized spacial score (nSPS) is 21.6. The maximum absolute atomic E-state index is 12.5. The molecule has 27 heavy (non-hydrogen) atoms. The third-order valence-corrected chi connectivity index (χ3v) is 7.73. The Morgan fingerprint density at radius 1 is 1.48 bits per heavy atom. The van der Waals surface area contributed by atoms with E-state index in [4.69, 9.17) is 17.3 Å². The van der Waals surface area contributed by atoms with E-state index in [0.717, 1.165) is 15.6 Å². The number of rotatable bonds is 3. The highest BCUT2D eigenvalue weighted by Gasteiger charge is 2.42. The molecule has 1 aliphatic heterocycles. The minimum Gasteiger partial charge on any atom is -0.369 e. The number of pyridine rings is 1. The van der Waals surface area contributed by atoms with Crippen molar-refractivity contribution >= 4 is 50.6 Å². The zero-order valence-corrected chi connectivity index (χ0v) is 16.7. The van der Waals surface area contributed by atoms with E-state index in [1.165, 1.54) is 31.3 Å². The summed E-state index contributed by atoms with van der Waals surface area (Å²) in [4.78, 5) is 31.2. The molecule has 0 unspecified atom stereocenters. The number of guanidine groups is 1. The van der Waals surface area contributed by atoms with Gasteiger partial charge in [-0.25, -0.2) is 17.7 Å². The van der Waals surface area contributed by atoms with Gasteiger partial charge in [-0.15, -0.1) is 11.3 Å². The smallest absolute Gasteiger partial charge is 0.266 e. The van der Waals surface area contributed by atoms with Crippen molar-refractivity contribution in [1.82, 2.24) is 9.29 Å². The van der Waals surface area contributed by atoms with Crippen molar-refractivity contribution in [1.29, 1.82) is 0 Å². The highest BCUT2D eigenvalue weighted by Crippen LogP contribution is 2.41. The van der Waals surface area contributed by atoms with Gasteiger partial charge in [0, 0.05) is 13.1 Å². The number of aliphatic imine (C=N–C) groups is 1. The van der Waals surface area contributed by atoms with Crippen LogP contribution in [0.1, 0.15) is 21.5 Å². The zero-order chi connectivity index (χ0) is 20.0. The molecule has 0 saturated heterocycles. The van der Waals surface area contributed by atoms with Crippen molar-refractivity contribution < 1.29 is 13.2 Å². The summed E-state index contributed by atoms with van der Waals surface area (Å²) in [5.74, 6) is -0.744. The van der Waals surface area contributed by atoms with Crippen LogP contribution in [0.25, 0.3) is 0 Å². The zero-order valence-electron chi connectivity index (χ0n) is 14.3. The van der Waals surface area contributed by atoms with Crippen LogP contribution in [0.5, 0.6) is 0 Å². The third kappa shape index (κ3) is 3.70. The number of thiophene rings is 1. The second-order valence-electron chi connectivity index (χ2n) is 6.14. The van der Waals surface area contributed by atoms with Crippen molar-refractivity contribution in [2.75, 3.05) is 18.1 Å². The number of carbonyl (C=O) groups excluding carboxylic acids is 1. The quantitative estimate of drug-likeness (QED) is 0.671. The minimum atomic E-state index is -3.66. The van der Waals surface area contributed by atoms with Gasteiger partial charge < -0.3 is 16.0 Å². The molecule has 12 heteroatoms. The van der Waals surface area contributed by atoms with Crippen LogP contribution in [-0.2, 0) is 15.6 Å². The first kappa shape index (κ1) is 19.4. The number of aromatic amines is 1. The van der Waals surface area contributed by atoms with E-state index < -0.39 is 21.5 Å². The summed E-state index contributed by atoms with van der Waals surface area (Å²) in [6, 6.07) is 5.79. The van der Waals surface area contributed by atoms with Crippen LogP contribution in [0.15, 0.2) is 34.1 Å². The van der Waals surface area contributed by atoms with Crippen LogP contribution in [-0.4, -0.2) is 42.4 Å². The third-order valence-electron chi connectivity index (χ3n) is 3.98. The molecular formula is C15H16ClN5O4S2. The molecule has 3 rings (SSSR count). The van der Waals surface area contributed by atoms with Gasteiger partial charge in [0.1, 0.15) is 11.4 Å². The number of H-pyrrole nitrogens is 1. The number of carbonyl (C=O) groups is 1. The van der Waals surface area contributed by atoms with E-state index in [1.54, 1.807) is 6.92 Å². The highest BCUT2D eigenvalue weighted by atomic mass is 35.5. The summed E-state index contributed by atoms with van der Waals surface area (Å²) in [5, 5.41) is 2.77. The number of hydrogen-bond acceptors (Lipinski definition) is 7. The number of nitrogens with one attached hydrogen (secondary N) is 2. The van der Waals surface area contributed by atoms with Crippen molar-refractivity contribution in [2.45, 2.75) is 12.5 Å². The van der Waals surface area contributed by atoms with E-state index in [9.17, 15) is 18.0 Å². The molecule has 4 N–H and O–H groups in total. The molecule has 0 aromatic carbocycles. The Hall–Kier alpha value is -2.37. The first-order valence-corrected chi connectivity index (χ1v) is 10.4. The summed E-state index contributed by atoms with van der Waals surface area (Å²) in [5.41, 5.74) is 4.18. The average Bonchev–Trinajstić information content (AvgIpc) is 2.95. The lowest BCUT2D eigenvalue weighted by Crippen LogP contribution is -2.50. The Labute approximate surface area is 163 Å². The molecule has 0 bridgehead atoms. The Balaban J connectivity index is 1.95. The van der Waals surface area contributed by atoms with Gasteiger partial charge >= 0.3 is 0 Å². The second-order valence-corrected chi connectivity index (χ2v) is 9.60. The van der Waals surface area contributed by atoms with Gasteiger partial charge in [-0.3, -0.25) is 9.59 Å². The maximum Gasteiger partial charge on any atom is 0.266 e. The molecule has 0 aliphatic carbocycles. The molecule has 0 radical (unpaired) electrons. The van der Waals surface area contributed by atoms with Gasteiger partial charge in [-0.2, -0.15) is 0 Å². The number of amides is 1. The molecule has 9 nitrogen and oxygen atoms in total. The Morgan fingerprint density at radius 2 is 2.19 bits per heavy atom. The average molecular weight is 430 g/mol. The van der Waals surface area contributed by atoms with Crippen molar-refractivity contribution in [3.05, 3.63) is 49.4 Å². The Morgan fingerprint density at radius 3 is 2.81 bits per heavy atom. The fourth-order valence-corrected chi connectivity index (χ4v) is 5.68. The van der Waals surface area contributed by atoms with Crippen LogP contribution in [0.4, 0.5) is 5.82 Å². The number of anilines is 1. The fourth-order valence-electron chi connectivity index (χ4n) is 2.62. The fraction of sp³-hybridized carbons (Fsp3) is 0.267. The standard InChI is InChI=1S/C15H16ClN5O4S2/c1-15(7-27(24,25)21(2)14(17)20-15)12-8(16)6-9(26-12)13(23)19-10-4-3-5-11(22)18-10/h3-6H,7H2,1-2H3,(H2,17,20)(H2,18,19,22,23)/t15-/m0/s1. The molecule has 0 fully saturated rings. The van der Waals surface area contributed by atoms with Crippen molar-refractivity contribution in [3.8, 4) is 0 Å². The van der Waals surface area contributed by atoms with E-state index in [1.807, 2.05) is 0 Å². The molecular weight excluding hydrogens is 414 g/mol. The molecule has 1 aliphatic rings. The monoisotopic (exact) mass is 429 g/mol. The van der Waals surface area contributed by atoms with Crippen LogP contribution in [0.3, 0.4) is 0 Å². The second kappa shape index (κ2) is 6.66. The van der Waals surface area contributed by atoms with Gasteiger partial charge in [-0.1, -0.05) is 17.7 Å². The predicted molar refractivity (Wildman–Crippen MR) is 105 cm³/mol. The first-order chi connectivity index (χ1) is 12.5. The van der Waals surface area contributed by atoms with E-state index >= 15 is 0 Å². The van der Waals surface area contributed by atoms with Gasteiger partial charge in [0.2, 0.25) is 21.5 Å². The van der Waals surface area contributed by atoms with Crippen LogP contribution in [0.2, 0.25) is 5.02 Å². The van der Waals surface area contributed by atoms with E-state index in [2.05, 4.69) is 15.3 Å². The molecule has 2 aromatic heterocycles. The number of sulfonamides is 1. The summed E-state index contributed by atoms with van der Waals surface area (Å²) in [7, 11) is -2.34. The largest absolute Gasteiger partial charge is 0.369 e. The number of nitrogens with zero attached hydrogens (tertiary/aromatic N) is 2. The van der Waals surface area contributed by atoms with Gasteiger partial charge in [0.05, 0.1) is 20.5 Å². The first-order valence-electron chi connectivity index (χ1n) is 7.64. The molecule has 2 aromatic rings. The number of nitrogens with two attached hydrogens (primary N) is 1. The number of halogens is 1. The molecule has 0 spiro atoms. The van der Waals surface area contributed by atoms with Gasteiger partial charge in [0.25, 0.3) is 5.91 Å².